The molecule has 0 aliphatic heterocycles. The molecule has 0 radical (unpaired) electrons. The third kappa shape index (κ3) is 6.73. The lowest BCUT2D eigenvalue weighted by Gasteiger charge is -2.25. The number of amides is 1. The van der Waals surface area contributed by atoms with Crippen molar-refractivity contribution >= 4 is 11.9 Å². The summed E-state index contributed by atoms with van der Waals surface area (Å²) in [5.41, 5.74) is 0.906. The second-order valence-corrected chi connectivity index (χ2v) is 6.24. The molecule has 0 spiro atoms. The quantitative estimate of drug-likeness (QED) is 0.634. The van der Waals surface area contributed by atoms with Crippen LogP contribution in [0.3, 0.4) is 0 Å². The van der Waals surface area contributed by atoms with Crippen LogP contribution in [0.5, 0.6) is 5.75 Å². The highest BCUT2D eigenvalue weighted by molar-refractivity contribution is 5.79. The van der Waals surface area contributed by atoms with Crippen molar-refractivity contribution in [3.05, 3.63) is 66.0 Å². The molecule has 0 saturated heterocycles. The third-order valence-corrected chi connectivity index (χ3v) is 4.14. The van der Waals surface area contributed by atoms with Gasteiger partial charge >= 0.3 is 5.97 Å². The van der Waals surface area contributed by atoms with E-state index in [-0.39, 0.29) is 30.8 Å². The number of halogens is 1. The number of carbonyl (C=O) groups excluding carboxylic acids is 2. The smallest absolute Gasteiger partial charge is 0.310 e. The van der Waals surface area contributed by atoms with Gasteiger partial charge < -0.3 is 14.4 Å². The Hall–Kier alpha value is -2.89. The number of methoxy groups -OCH3 is 1. The lowest BCUT2D eigenvalue weighted by Crippen LogP contribution is -2.41. The van der Waals surface area contributed by atoms with Gasteiger partial charge in [0.2, 0.25) is 0 Å². The van der Waals surface area contributed by atoms with Crippen molar-refractivity contribution in [2.45, 2.75) is 13.3 Å². The molecule has 0 bridgehead atoms. The summed E-state index contributed by atoms with van der Waals surface area (Å²) in [4.78, 5) is 25.9. The Morgan fingerprint density at radius 3 is 2.37 bits per heavy atom. The average molecular weight is 373 g/mol. The van der Waals surface area contributed by atoms with Crippen LogP contribution in [0.15, 0.2) is 54.6 Å². The third-order valence-electron chi connectivity index (χ3n) is 4.14. The molecule has 27 heavy (non-hydrogen) atoms. The van der Waals surface area contributed by atoms with Crippen LogP contribution in [-0.2, 0) is 20.7 Å². The van der Waals surface area contributed by atoms with E-state index in [0.29, 0.717) is 18.7 Å². The normalized spacial score (nSPS) is 11.5. The average Bonchev–Trinajstić information content (AvgIpc) is 2.70. The van der Waals surface area contributed by atoms with E-state index in [2.05, 4.69) is 0 Å². The maximum absolute atomic E-state index is 13.0. The lowest BCUT2D eigenvalue weighted by molar-refractivity contribution is -0.146. The van der Waals surface area contributed by atoms with Crippen LogP contribution in [0.4, 0.5) is 4.39 Å². The largest absolute Gasteiger partial charge is 0.484 e. The van der Waals surface area contributed by atoms with E-state index in [4.69, 9.17) is 9.47 Å². The van der Waals surface area contributed by atoms with Gasteiger partial charge in [0.1, 0.15) is 11.6 Å². The molecule has 0 heterocycles. The Bertz CT molecular complexity index is 734. The molecule has 1 amide bonds. The molecule has 0 N–H and O–H groups in total. The van der Waals surface area contributed by atoms with Gasteiger partial charge in [-0.1, -0.05) is 37.3 Å². The summed E-state index contributed by atoms with van der Waals surface area (Å²) in [6.45, 7) is 2.21. The van der Waals surface area contributed by atoms with Gasteiger partial charge in [-0.15, -0.1) is 0 Å². The van der Waals surface area contributed by atoms with Crippen molar-refractivity contribution in [3.63, 3.8) is 0 Å². The van der Waals surface area contributed by atoms with E-state index >= 15 is 0 Å². The van der Waals surface area contributed by atoms with E-state index in [1.807, 2.05) is 18.2 Å². The van der Waals surface area contributed by atoms with Crippen LogP contribution in [0.25, 0.3) is 0 Å². The highest BCUT2D eigenvalue weighted by Crippen LogP contribution is 2.11. The van der Waals surface area contributed by atoms with E-state index < -0.39 is 5.92 Å². The predicted molar refractivity (Wildman–Crippen MR) is 99.8 cm³/mol. The molecular formula is C21H24FNO4. The maximum atomic E-state index is 13.0. The van der Waals surface area contributed by atoms with Gasteiger partial charge in [-0.25, -0.2) is 4.39 Å². The molecule has 1 atom stereocenters. The molecule has 0 aromatic heterocycles. The first-order valence-electron chi connectivity index (χ1n) is 8.77. The number of carbonyl (C=O) groups is 2. The van der Waals surface area contributed by atoms with Crippen LogP contribution < -0.4 is 4.74 Å². The molecule has 6 heteroatoms. The van der Waals surface area contributed by atoms with Crippen LogP contribution in [0.1, 0.15) is 12.5 Å². The van der Waals surface area contributed by atoms with E-state index in [1.54, 1.807) is 36.1 Å². The van der Waals surface area contributed by atoms with E-state index in [1.165, 1.54) is 19.2 Å². The van der Waals surface area contributed by atoms with Crippen molar-refractivity contribution < 1.29 is 23.5 Å². The minimum atomic E-state index is -0.455. The predicted octanol–water partition coefficient (Wildman–Crippen LogP) is 3.08. The first-order valence-corrected chi connectivity index (χ1v) is 8.77. The van der Waals surface area contributed by atoms with Crippen LogP contribution in [0, 0.1) is 11.7 Å². The van der Waals surface area contributed by atoms with Gasteiger partial charge in [0.25, 0.3) is 5.91 Å². The SMILES string of the molecule is COC(=O)C(C)CN(CCc1ccc(F)cc1)C(=O)COc1ccccc1. The molecule has 5 nitrogen and oxygen atoms in total. The standard InChI is InChI=1S/C21H24FNO4/c1-16(21(25)26-2)14-23(13-12-17-8-10-18(22)11-9-17)20(24)15-27-19-6-4-3-5-7-19/h3-11,16H,12-15H2,1-2H3. The Kier molecular flexibility index (Phi) is 7.79. The molecule has 144 valence electrons. The lowest BCUT2D eigenvalue weighted by atomic mass is 10.1. The minimum Gasteiger partial charge on any atom is -0.484 e. The van der Waals surface area contributed by atoms with Crippen molar-refractivity contribution in [1.29, 1.82) is 0 Å². The fourth-order valence-electron chi connectivity index (χ4n) is 2.59. The Morgan fingerprint density at radius 1 is 1.07 bits per heavy atom. The number of esters is 1. The maximum Gasteiger partial charge on any atom is 0.310 e. The van der Waals surface area contributed by atoms with Gasteiger partial charge in [-0.2, -0.15) is 0 Å². The zero-order valence-corrected chi connectivity index (χ0v) is 15.6. The molecular weight excluding hydrogens is 349 g/mol. The zero-order chi connectivity index (χ0) is 19.6. The number of ether oxygens (including phenoxy) is 2. The highest BCUT2D eigenvalue weighted by atomic mass is 19.1. The van der Waals surface area contributed by atoms with Gasteiger partial charge in [0.05, 0.1) is 13.0 Å². The van der Waals surface area contributed by atoms with Crippen molar-refractivity contribution in [2.24, 2.45) is 5.92 Å². The minimum absolute atomic E-state index is 0.124. The van der Waals surface area contributed by atoms with Crippen molar-refractivity contribution in [1.82, 2.24) is 4.90 Å². The number of para-hydroxylation sites is 1. The van der Waals surface area contributed by atoms with Crippen molar-refractivity contribution in [2.75, 3.05) is 26.8 Å². The second kappa shape index (κ2) is 10.3. The molecule has 0 aliphatic carbocycles. The number of rotatable bonds is 9. The van der Waals surface area contributed by atoms with Crippen molar-refractivity contribution in [3.8, 4) is 5.75 Å². The summed E-state index contributed by atoms with van der Waals surface area (Å²) in [6, 6.07) is 15.2. The number of hydrogen-bond acceptors (Lipinski definition) is 4. The van der Waals surface area contributed by atoms with Crippen LogP contribution >= 0.6 is 0 Å². The summed E-state index contributed by atoms with van der Waals surface area (Å²) in [6.07, 6.45) is 0.547. The van der Waals surface area contributed by atoms with Gasteiger partial charge in [-0.05, 0) is 36.2 Å². The second-order valence-electron chi connectivity index (χ2n) is 6.24. The summed E-state index contributed by atoms with van der Waals surface area (Å²) in [5, 5.41) is 0. The highest BCUT2D eigenvalue weighted by Gasteiger charge is 2.22. The molecule has 0 aliphatic rings. The topological polar surface area (TPSA) is 55.8 Å². The first kappa shape index (κ1) is 20.4. The fourth-order valence-corrected chi connectivity index (χ4v) is 2.59. The summed E-state index contributed by atoms with van der Waals surface area (Å²) in [7, 11) is 1.32. The molecule has 2 aromatic rings. The molecule has 0 saturated carbocycles. The number of hydrogen-bond donors (Lipinski definition) is 0. The molecule has 1 unspecified atom stereocenters. The zero-order valence-electron chi connectivity index (χ0n) is 15.6. The van der Waals surface area contributed by atoms with Gasteiger partial charge in [-0.3, -0.25) is 9.59 Å². The monoisotopic (exact) mass is 373 g/mol. The Balaban J connectivity index is 1.99. The van der Waals surface area contributed by atoms with E-state index in [9.17, 15) is 14.0 Å². The van der Waals surface area contributed by atoms with E-state index in [0.717, 1.165) is 5.56 Å². The van der Waals surface area contributed by atoms with Crippen LogP contribution in [0.2, 0.25) is 0 Å². The first-order chi connectivity index (χ1) is 13.0. The number of nitrogens with zero attached hydrogens (tertiary/aromatic N) is 1. The molecule has 0 fully saturated rings. The Morgan fingerprint density at radius 2 is 1.74 bits per heavy atom. The van der Waals surface area contributed by atoms with Crippen LogP contribution in [-0.4, -0.2) is 43.6 Å². The van der Waals surface area contributed by atoms with Gasteiger partial charge in [0.15, 0.2) is 6.61 Å². The molecule has 2 rings (SSSR count). The summed E-state index contributed by atoms with van der Waals surface area (Å²) < 4.78 is 23.3. The summed E-state index contributed by atoms with van der Waals surface area (Å²) >= 11 is 0. The molecule has 2 aromatic carbocycles. The summed E-state index contributed by atoms with van der Waals surface area (Å²) in [5.74, 6) is -0.758. The number of benzene rings is 2. The van der Waals surface area contributed by atoms with Gasteiger partial charge in [0, 0.05) is 13.1 Å². The Labute approximate surface area is 158 Å². The fraction of sp³-hybridized carbons (Fsp3) is 0.333.